The molecule has 3 aromatic rings. The van der Waals surface area contributed by atoms with Crippen molar-refractivity contribution in [3.8, 4) is 11.4 Å². The molecule has 3 aromatic heterocycles. The number of nitrogens with one attached hydrogen (secondary N) is 2. The summed E-state index contributed by atoms with van der Waals surface area (Å²) in [4.78, 5) is 27.7. The van der Waals surface area contributed by atoms with Crippen LogP contribution in [0.5, 0.6) is 0 Å². The van der Waals surface area contributed by atoms with Gasteiger partial charge in [0.05, 0.1) is 5.01 Å². The number of H-pyrrole nitrogens is 1. The normalized spacial score (nSPS) is 10.8. The minimum Gasteiger partial charge on any atom is -0.370 e. The summed E-state index contributed by atoms with van der Waals surface area (Å²) in [5.74, 6) is 1.37. The van der Waals surface area contributed by atoms with E-state index in [1.165, 1.54) is 11.1 Å². The third-order valence-electron chi connectivity index (χ3n) is 3.73. The Labute approximate surface area is 150 Å². The molecule has 7 heteroatoms. The number of aryl methyl sites for hydroxylation is 3. The number of aromatic nitrogens is 4. The van der Waals surface area contributed by atoms with Crippen molar-refractivity contribution in [3.05, 3.63) is 56.5 Å². The highest BCUT2D eigenvalue weighted by Gasteiger charge is 2.04. The molecular formula is C18H21N5OS. The molecule has 0 aromatic carbocycles. The van der Waals surface area contributed by atoms with Crippen molar-refractivity contribution in [3.63, 3.8) is 0 Å². The Morgan fingerprint density at radius 1 is 1.28 bits per heavy atom. The molecular weight excluding hydrogens is 334 g/mol. The molecule has 0 fully saturated rings. The van der Waals surface area contributed by atoms with Gasteiger partial charge >= 0.3 is 0 Å². The van der Waals surface area contributed by atoms with E-state index in [1.54, 1.807) is 17.5 Å². The van der Waals surface area contributed by atoms with Crippen LogP contribution >= 0.6 is 11.3 Å². The average molecular weight is 355 g/mol. The third kappa shape index (κ3) is 4.73. The van der Waals surface area contributed by atoms with Crippen molar-refractivity contribution in [2.24, 2.45) is 0 Å². The molecule has 6 nitrogen and oxygen atoms in total. The van der Waals surface area contributed by atoms with E-state index in [0.717, 1.165) is 48.6 Å². The van der Waals surface area contributed by atoms with Gasteiger partial charge in [0.25, 0.3) is 5.56 Å². The van der Waals surface area contributed by atoms with Gasteiger partial charge in [-0.25, -0.2) is 15.0 Å². The van der Waals surface area contributed by atoms with E-state index in [2.05, 4.69) is 30.6 Å². The SMILES string of the molecule is CCc1cc(=O)[nH]c(-c2ccc(NCCCc3nc(C)cs3)nc2)n1. The molecule has 0 bridgehead atoms. The fourth-order valence-electron chi connectivity index (χ4n) is 2.44. The molecule has 3 rings (SSSR count). The Balaban J connectivity index is 1.57. The molecule has 0 saturated heterocycles. The maximum Gasteiger partial charge on any atom is 0.251 e. The van der Waals surface area contributed by atoms with Crippen LogP contribution in [0, 0.1) is 6.92 Å². The van der Waals surface area contributed by atoms with E-state index in [0.29, 0.717) is 5.82 Å². The highest BCUT2D eigenvalue weighted by Crippen LogP contribution is 2.15. The van der Waals surface area contributed by atoms with Gasteiger partial charge in [-0.15, -0.1) is 11.3 Å². The number of rotatable bonds is 7. The molecule has 2 N–H and O–H groups in total. The van der Waals surface area contributed by atoms with Gasteiger partial charge in [-0.3, -0.25) is 4.79 Å². The lowest BCUT2D eigenvalue weighted by Gasteiger charge is -2.06. The van der Waals surface area contributed by atoms with E-state index >= 15 is 0 Å². The van der Waals surface area contributed by atoms with Gasteiger partial charge in [0.2, 0.25) is 0 Å². The van der Waals surface area contributed by atoms with E-state index in [4.69, 9.17) is 0 Å². The van der Waals surface area contributed by atoms with Gasteiger partial charge in [-0.2, -0.15) is 0 Å². The van der Waals surface area contributed by atoms with Crippen molar-refractivity contribution >= 4 is 17.2 Å². The highest BCUT2D eigenvalue weighted by molar-refractivity contribution is 7.09. The monoisotopic (exact) mass is 355 g/mol. The maximum atomic E-state index is 11.7. The molecule has 0 aliphatic heterocycles. The van der Waals surface area contributed by atoms with Gasteiger partial charge in [0, 0.05) is 47.6 Å². The summed E-state index contributed by atoms with van der Waals surface area (Å²) in [6.45, 7) is 4.83. The summed E-state index contributed by atoms with van der Waals surface area (Å²) >= 11 is 1.71. The van der Waals surface area contributed by atoms with Gasteiger partial charge in [-0.05, 0) is 31.9 Å². The molecule has 0 amide bonds. The zero-order chi connectivity index (χ0) is 17.6. The maximum absolute atomic E-state index is 11.7. The first-order chi connectivity index (χ1) is 12.1. The Kier molecular flexibility index (Phi) is 5.55. The standard InChI is InChI=1S/C18H21N5OS/c1-3-14-9-16(24)23-18(22-14)13-6-7-15(20-10-13)19-8-4-5-17-21-12(2)11-25-17/h6-7,9-11H,3-5,8H2,1-2H3,(H,19,20)(H,22,23,24). The zero-order valence-electron chi connectivity index (χ0n) is 14.4. The van der Waals surface area contributed by atoms with Crippen LogP contribution < -0.4 is 10.9 Å². The van der Waals surface area contributed by atoms with Crippen LogP contribution in [-0.4, -0.2) is 26.5 Å². The smallest absolute Gasteiger partial charge is 0.251 e. The van der Waals surface area contributed by atoms with Crippen molar-refractivity contribution < 1.29 is 0 Å². The van der Waals surface area contributed by atoms with E-state index in [1.807, 2.05) is 26.0 Å². The summed E-state index contributed by atoms with van der Waals surface area (Å²) in [7, 11) is 0. The summed E-state index contributed by atoms with van der Waals surface area (Å²) in [5.41, 5.74) is 2.53. The van der Waals surface area contributed by atoms with E-state index in [9.17, 15) is 4.79 Å². The van der Waals surface area contributed by atoms with Crippen molar-refractivity contribution in [2.75, 3.05) is 11.9 Å². The van der Waals surface area contributed by atoms with Gasteiger partial charge in [0.15, 0.2) is 0 Å². The molecule has 0 saturated carbocycles. The van der Waals surface area contributed by atoms with Crippen LogP contribution in [0.3, 0.4) is 0 Å². The number of aromatic amines is 1. The van der Waals surface area contributed by atoms with Crippen LogP contribution in [0.4, 0.5) is 5.82 Å². The minimum absolute atomic E-state index is 0.138. The molecule has 0 aliphatic carbocycles. The van der Waals surface area contributed by atoms with Crippen molar-refractivity contribution in [1.82, 2.24) is 19.9 Å². The molecule has 0 unspecified atom stereocenters. The van der Waals surface area contributed by atoms with E-state index < -0.39 is 0 Å². The number of pyridine rings is 1. The second-order valence-corrected chi connectivity index (χ2v) is 6.73. The Hall–Kier alpha value is -2.54. The predicted molar refractivity (Wildman–Crippen MR) is 101 cm³/mol. The fraction of sp³-hybridized carbons (Fsp3) is 0.333. The number of thiazole rings is 1. The number of hydrogen-bond acceptors (Lipinski definition) is 6. The molecule has 0 atom stereocenters. The fourth-order valence-corrected chi connectivity index (χ4v) is 3.26. The molecule has 0 radical (unpaired) electrons. The number of hydrogen-bond donors (Lipinski definition) is 2. The highest BCUT2D eigenvalue weighted by atomic mass is 32.1. The summed E-state index contributed by atoms with van der Waals surface area (Å²) in [6, 6.07) is 5.34. The van der Waals surface area contributed by atoms with Gasteiger partial charge in [-0.1, -0.05) is 6.92 Å². The van der Waals surface area contributed by atoms with Gasteiger partial charge in [0.1, 0.15) is 11.6 Å². The predicted octanol–water partition coefficient (Wildman–Crippen LogP) is 3.20. The summed E-state index contributed by atoms with van der Waals surface area (Å²) in [5, 5.41) is 6.56. The lowest BCUT2D eigenvalue weighted by atomic mass is 10.2. The Morgan fingerprint density at radius 3 is 2.84 bits per heavy atom. The van der Waals surface area contributed by atoms with Gasteiger partial charge < -0.3 is 10.3 Å². The lowest BCUT2D eigenvalue weighted by Crippen LogP contribution is -2.10. The van der Waals surface area contributed by atoms with Crippen LogP contribution in [-0.2, 0) is 12.8 Å². The van der Waals surface area contributed by atoms with E-state index in [-0.39, 0.29) is 5.56 Å². The summed E-state index contributed by atoms with van der Waals surface area (Å²) < 4.78 is 0. The van der Waals surface area contributed by atoms with Crippen molar-refractivity contribution in [1.29, 1.82) is 0 Å². The zero-order valence-corrected chi connectivity index (χ0v) is 15.2. The Bertz CT molecular complexity index is 885. The van der Waals surface area contributed by atoms with Crippen LogP contribution in [0.2, 0.25) is 0 Å². The quantitative estimate of drug-likeness (QED) is 0.636. The molecule has 25 heavy (non-hydrogen) atoms. The lowest BCUT2D eigenvalue weighted by molar-refractivity contribution is 0.848. The first-order valence-electron chi connectivity index (χ1n) is 8.35. The van der Waals surface area contributed by atoms with Crippen molar-refractivity contribution in [2.45, 2.75) is 33.1 Å². The molecule has 0 spiro atoms. The average Bonchev–Trinajstić information content (AvgIpc) is 3.04. The number of anilines is 1. The first-order valence-corrected chi connectivity index (χ1v) is 9.23. The van der Waals surface area contributed by atoms with Crippen LogP contribution in [0.15, 0.2) is 34.6 Å². The largest absolute Gasteiger partial charge is 0.370 e. The number of nitrogens with zero attached hydrogens (tertiary/aromatic N) is 3. The second kappa shape index (κ2) is 8.02. The molecule has 0 aliphatic rings. The third-order valence-corrected chi connectivity index (χ3v) is 4.76. The molecule has 3 heterocycles. The summed E-state index contributed by atoms with van der Waals surface area (Å²) in [6.07, 6.45) is 4.43. The first kappa shape index (κ1) is 17.3. The minimum atomic E-state index is -0.138. The Morgan fingerprint density at radius 2 is 2.16 bits per heavy atom. The van der Waals surface area contributed by atoms with Crippen LogP contribution in [0.1, 0.15) is 29.7 Å². The second-order valence-electron chi connectivity index (χ2n) is 5.78. The molecule has 130 valence electrons. The topological polar surface area (TPSA) is 83.6 Å². The van der Waals surface area contributed by atoms with Crippen LogP contribution in [0.25, 0.3) is 11.4 Å².